The third kappa shape index (κ3) is 9.27. The Kier molecular flexibility index (Phi) is 11.4. The first-order valence-corrected chi connectivity index (χ1v) is 15.6. The van der Waals surface area contributed by atoms with E-state index in [0.29, 0.717) is 37.0 Å². The van der Waals surface area contributed by atoms with Crippen molar-refractivity contribution in [3.8, 4) is 0 Å². The number of likely N-dealkylation sites (tertiary alicyclic amines) is 1. The van der Waals surface area contributed by atoms with Gasteiger partial charge in [-0.3, -0.25) is 9.59 Å². The summed E-state index contributed by atoms with van der Waals surface area (Å²) in [6, 6.07) is 19.4. The molecule has 2 heterocycles. The third-order valence-electron chi connectivity index (χ3n) is 8.23. The summed E-state index contributed by atoms with van der Waals surface area (Å²) in [6.45, 7) is 14.6. The van der Waals surface area contributed by atoms with Crippen LogP contribution in [0.4, 0.5) is 5.82 Å². The van der Waals surface area contributed by atoms with E-state index in [2.05, 4.69) is 28.7 Å². The topological polar surface area (TPSA) is 115 Å². The van der Waals surface area contributed by atoms with Crippen LogP contribution in [0.15, 0.2) is 79.1 Å². The number of rotatable bonds is 14. The molecule has 1 saturated heterocycles. The molecule has 0 saturated carbocycles. The number of hydrogen-bond acceptors (Lipinski definition) is 6. The molecule has 9 heteroatoms. The molecule has 236 valence electrons. The minimum absolute atomic E-state index is 0.199. The van der Waals surface area contributed by atoms with Crippen molar-refractivity contribution in [2.75, 3.05) is 25.0 Å². The van der Waals surface area contributed by atoms with Gasteiger partial charge in [0.15, 0.2) is 0 Å². The summed E-state index contributed by atoms with van der Waals surface area (Å²) in [5, 5.41) is 6.23. The fraction of sp³-hybridized carbons (Fsp3) is 0.457. The van der Waals surface area contributed by atoms with E-state index in [4.69, 9.17) is 15.5 Å². The summed E-state index contributed by atoms with van der Waals surface area (Å²) in [5.74, 6) is 1.75. The first-order valence-electron chi connectivity index (χ1n) is 15.6. The molecule has 2 atom stereocenters. The minimum atomic E-state index is -1.06. The van der Waals surface area contributed by atoms with Crippen LogP contribution in [0, 0.1) is 12.8 Å². The zero-order chi connectivity index (χ0) is 31.7. The van der Waals surface area contributed by atoms with Crippen molar-refractivity contribution in [3.63, 3.8) is 0 Å². The number of benzene rings is 2. The number of aryl methyl sites for hydroxylation is 2. The van der Waals surface area contributed by atoms with Gasteiger partial charge in [-0.15, -0.1) is 0 Å². The van der Waals surface area contributed by atoms with Crippen LogP contribution in [0.3, 0.4) is 0 Å². The van der Waals surface area contributed by atoms with Crippen LogP contribution in [0.25, 0.3) is 0 Å². The molecule has 9 nitrogen and oxygen atoms in total. The van der Waals surface area contributed by atoms with E-state index in [1.807, 2.05) is 78.7 Å². The van der Waals surface area contributed by atoms with E-state index in [9.17, 15) is 9.59 Å². The van der Waals surface area contributed by atoms with Crippen LogP contribution >= 0.6 is 0 Å². The summed E-state index contributed by atoms with van der Waals surface area (Å²) in [7, 11) is 0. The molecule has 0 radical (unpaired) electrons. The number of anilines is 1. The van der Waals surface area contributed by atoms with E-state index < -0.39 is 11.6 Å². The Bertz CT molecular complexity index is 1370. The fourth-order valence-electron chi connectivity index (χ4n) is 5.32. The first kappa shape index (κ1) is 33.0. The Morgan fingerprint density at radius 3 is 2.36 bits per heavy atom. The summed E-state index contributed by atoms with van der Waals surface area (Å²) in [5.41, 5.74) is 7.60. The maximum absolute atomic E-state index is 13.7. The Labute approximate surface area is 261 Å². The highest BCUT2D eigenvalue weighted by Crippen LogP contribution is 2.27. The van der Waals surface area contributed by atoms with Crippen molar-refractivity contribution in [1.29, 1.82) is 0 Å². The molecular formula is C35H48N6O3. The highest BCUT2D eigenvalue weighted by atomic mass is 16.5. The minimum Gasteiger partial charge on any atom is -0.374 e. The van der Waals surface area contributed by atoms with Crippen LogP contribution in [-0.2, 0) is 27.5 Å². The van der Waals surface area contributed by atoms with E-state index in [1.165, 1.54) is 0 Å². The van der Waals surface area contributed by atoms with Gasteiger partial charge in [0.2, 0.25) is 11.8 Å². The number of nitrogens with two attached hydrogens (primary N) is 1. The van der Waals surface area contributed by atoms with Gasteiger partial charge in [0, 0.05) is 31.5 Å². The molecule has 0 aliphatic carbocycles. The lowest BCUT2D eigenvalue weighted by Crippen LogP contribution is -2.54. The van der Waals surface area contributed by atoms with Gasteiger partial charge in [-0.1, -0.05) is 74.2 Å². The maximum atomic E-state index is 13.7. The van der Waals surface area contributed by atoms with Crippen molar-refractivity contribution in [3.05, 3.63) is 96.1 Å². The molecule has 1 aromatic heterocycles. The van der Waals surface area contributed by atoms with Gasteiger partial charge in [0.05, 0.1) is 30.7 Å². The lowest BCUT2D eigenvalue weighted by atomic mass is 9.92. The van der Waals surface area contributed by atoms with E-state index >= 15 is 0 Å². The van der Waals surface area contributed by atoms with Crippen molar-refractivity contribution >= 4 is 17.6 Å². The van der Waals surface area contributed by atoms with Crippen molar-refractivity contribution in [1.82, 2.24) is 19.8 Å². The maximum Gasteiger partial charge on any atom is 0.240 e. The molecular weight excluding hydrogens is 552 g/mol. The molecule has 3 aromatic rings. The standard InChI is InChI=1S/C35H48N6O3/c1-25-16-19-40(20-17-25)33(42)30(29-14-10-7-11-15-29)18-21-41-22-32(38-27(41)3)37-26(2)31(39-34(43)35(4,5)36)24-44-23-28-12-8-6-9-13-28/h6-15,22,25,30-31,37H,2,16-21,23-24,36H2,1,3-5H3,(H,39,43). The molecule has 0 bridgehead atoms. The summed E-state index contributed by atoms with van der Waals surface area (Å²) >= 11 is 0. The SMILES string of the molecule is C=C(Nc1cn(CCC(C(=O)N2CCC(C)CC2)c2ccccc2)c(C)n1)C(COCc1ccccc1)NC(=O)C(C)(C)N. The van der Waals surface area contributed by atoms with Gasteiger partial charge in [0.1, 0.15) is 11.6 Å². The van der Waals surface area contributed by atoms with Gasteiger partial charge in [-0.25, -0.2) is 4.98 Å². The monoisotopic (exact) mass is 600 g/mol. The Hall–Kier alpha value is -3.95. The predicted octanol–water partition coefficient (Wildman–Crippen LogP) is 4.99. The third-order valence-corrected chi connectivity index (χ3v) is 8.23. The van der Waals surface area contributed by atoms with Gasteiger partial charge >= 0.3 is 0 Å². The van der Waals surface area contributed by atoms with E-state index in [-0.39, 0.29) is 24.3 Å². The number of hydrogen-bond donors (Lipinski definition) is 3. The predicted molar refractivity (Wildman–Crippen MR) is 175 cm³/mol. The molecule has 1 aliphatic heterocycles. The lowest BCUT2D eigenvalue weighted by molar-refractivity contribution is -0.134. The number of aromatic nitrogens is 2. The zero-order valence-corrected chi connectivity index (χ0v) is 26.6. The van der Waals surface area contributed by atoms with Crippen molar-refractivity contribution < 1.29 is 14.3 Å². The molecule has 4 N–H and O–H groups in total. The summed E-state index contributed by atoms with van der Waals surface area (Å²) in [4.78, 5) is 33.2. The number of carbonyl (C=O) groups is 2. The molecule has 1 fully saturated rings. The normalized spacial score (nSPS) is 15.4. The number of piperidine rings is 1. The van der Waals surface area contributed by atoms with Crippen molar-refractivity contribution in [2.45, 2.75) is 77.6 Å². The van der Waals surface area contributed by atoms with Gasteiger partial charge in [-0.05, 0) is 57.1 Å². The number of nitrogens with zero attached hydrogens (tertiary/aromatic N) is 3. The second-order valence-corrected chi connectivity index (χ2v) is 12.5. The van der Waals surface area contributed by atoms with Crippen LogP contribution in [-0.4, -0.2) is 57.5 Å². The molecule has 0 spiro atoms. The van der Waals surface area contributed by atoms with Crippen LogP contribution in [0.2, 0.25) is 0 Å². The van der Waals surface area contributed by atoms with E-state index in [1.54, 1.807) is 13.8 Å². The highest BCUT2D eigenvalue weighted by molar-refractivity contribution is 5.85. The highest BCUT2D eigenvalue weighted by Gasteiger charge is 2.29. The zero-order valence-electron chi connectivity index (χ0n) is 26.6. The smallest absolute Gasteiger partial charge is 0.240 e. The second-order valence-electron chi connectivity index (χ2n) is 12.5. The number of nitrogens with one attached hydrogen (secondary N) is 2. The summed E-state index contributed by atoms with van der Waals surface area (Å²) in [6.07, 6.45) is 4.68. The number of ether oxygens (including phenoxy) is 1. The number of imidazole rings is 1. The molecule has 2 unspecified atom stereocenters. The van der Waals surface area contributed by atoms with Crippen molar-refractivity contribution in [2.24, 2.45) is 11.7 Å². The number of amides is 2. The first-order chi connectivity index (χ1) is 21.0. The summed E-state index contributed by atoms with van der Waals surface area (Å²) < 4.78 is 8.01. The van der Waals surface area contributed by atoms with Gasteiger partial charge in [-0.2, -0.15) is 0 Å². The lowest BCUT2D eigenvalue weighted by Gasteiger charge is -2.33. The van der Waals surface area contributed by atoms with Gasteiger partial charge < -0.3 is 30.6 Å². The van der Waals surface area contributed by atoms with Gasteiger partial charge in [0.25, 0.3) is 0 Å². The van der Waals surface area contributed by atoms with Crippen LogP contribution < -0.4 is 16.4 Å². The molecule has 1 aliphatic rings. The Morgan fingerprint density at radius 2 is 1.73 bits per heavy atom. The second kappa shape index (κ2) is 15.2. The Morgan fingerprint density at radius 1 is 1.09 bits per heavy atom. The average Bonchev–Trinajstić information content (AvgIpc) is 3.35. The number of carbonyl (C=O) groups excluding carboxylic acids is 2. The molecule has 2 aromatic carbocycles. The molecule has 2 amide bonds. The average molecular weight is 601 g/mol. The molecule has 4 rings (SSSR count). The van der Waals surface area contributed by atoms with Crippen LogP contribution in [0.5, 0.6) is 0 Å². The molecule has 44 heavy (non-hydrogen) atoms. The Balaban J connectivity index is 1.42. The van der Waals surface area contributed by atoms with Crippen LogP contribution in [0.1, 0.15) is 62.9 Å². The van der Waals surface area contributed by atoms with E-state index in [0.717, 1.165) is 42.9 Å². The largest absolute Gasteiger partial charge is 0.374 e. The fourth-order valence-corrected chi connectivity index (χ4v) is 5.32. The quantitative estimate of drug-likeness (QED) is 0.240.